The monoisotopic (exact) mass is 531 g/mol. The summed E-state index contributed by atoms with van der Waals surface area (Å²) in [7, 11) is 0. The molecule has 2 aromatic heterocycles. The van der Waals surface area contributed by atoms with Gasteiger partial charge in [0.05, 0.1) is 28.8 Å². The first-order valence-corrected chi connectivity index (χ1v) is 13.7. The molecule has 8 nitrogen and oxygen atoms in total. The fraction of sp³-hybridized carbons (Fsp3) is 0.250. The van der Waals surface area contributed by atoms with Crippen LogP contribution in [-0.2, 0) is 11.2 Å². The maximum atomic E-state index is 14.0. The highest BCUT2D eigenvalue weighted by Crippen LogP contribution is 2.34. The molecule has 2 saturated heterocycles. The zero-order valence-electron chi connectivity index (χ0n) is 21.9. The molecule has 2 aliphatic heterocycles. The SMILES string of the molecule is O=C(C[C@@H](Cc1ccccc1)C(=O)N1C[C@@H]2C[C@H]1CN2C(=O)c1nc2ccccc2[nH]1)c1cc2ccccc2[nH]1. The van der Waals surface area contributed by atoms with Crippen molar-refractivity contribution in [2.75, 3.05) is 13.1 Å². The van der Waals surface area contributed by atoms with Crippen LogP contribution in [0.15, 0.2) is 84.9 Å². The Morgan fingerprint density at radius 2 is 1.52 bits per heavy atom. The van der Waals surface area contributed by atoms with Crippen LogP contribution in [0.2, 0.25) is 0 Å². The van der Waals surface area contributed by atoms with Gasteiger partial charge in [0, 0.05) is 36.3 Å². The van der Waals surface area contributed by atoms with E-state index in [4.69, 9.17) is 0 Å². The second-order valence-electron chi connectivity index (χ2n) is 10.9. The summed E-state index contributed by atoms with van der Waals surface area (Å²) in [6, 6.07) is 27.0. The summed E-state index contributed by atoms with van der Waals surface area (Å²) in [4.78, 5) is 55.3. The topological polar surface area (TPSA) is 102 Å². The Bertz CT molecular complexity index is 1670. The highest BCUT2D eigenvalue weighted by atomic mass is 16.2. The number of aromatic amines is 2. The van der Waals surface area contributed by atoms with Gasteiger partial charge in [-0.1, -0.05) is 60.7 Å². The van der Waals surface area contributed by atoms with E-state index in [0.717, 1.165) is 33.9 Å². The molecule has 8 heteroatoms. The molecule has 0 spiro atoms. The third-order valence-electron chi connectivity index (χ3n) is 8.31. The van der Waals surface area contributed by atoms with Crippen molar-refractivity contribution in [3.8, 4) is 0 Å². The first-order chi connectivity index (χ1) is 19.5. The van der Waals surface area contributed by atoms with E-state index < -0.39 is 5.92 Å². The van der Waals surface area contributed by atoms with Crippen molar-refractivity contribution in [2.45, 2.75) is 31.3 Å². The summed E-state index contributed by atoms with van der Waals surface area (Å²) in [5.74, 6) is -0.378. The first kappa shape index (κ1) is 24.3. The number of fused-ring (bicyclic) bond motifs is 4. The van der Waals surface area contributed by atoms with Crippen molar-refractivity contribution < 1.29 is 14.4 Å². The van der Waals surface area contributed by atoms with E-state index >= 15 is 0 Å². The summed E-state index contributed by atoms with van der Waals surface area (Å²) in [6.45, 7) is 0.946. The Morgan fingerprint density at radius 1 is 0.825 bits per heavy atom. The van der Waals surface area contributed by atoms with Gasteiger partial charge in [-0.25, -0.2) is 4.98 Å². The summed E-state index contributed by atoms with van der Waals surface area (Å²) in [5.41, 5.74) is 4.04. The molecule has 200 valence electrons. The number of piperazine rings is 1. The van der Waals surface area contributed by atoms with Gasteiger partial charge in [-0.05, 0) is 42.7 Å². The number of hydrogen-bond acceptors (Lipinski definition) is 4. The van der Waals surface area contributed by atoms with Crippen LogP contribution < -0.4 is 0 Å². The third-order valence-corrected chi connectivity index (χ3v) is 8.31. The molecule has 2 aliphatic rings. The number of H-pyrrole nitrogens is 2. The Balaban J connectivity index is 1.09. The number of carbonyl (C=O) groups excluding carboxylic acids is 3. The van der Waals surface area contributed by atoms with Gasteiger partial charge in [-0.3, -0.25) is 14.4 Å². The van der Waals surface area contributed by atoms with Crippen LogP contribution in [0.1, 0.15) is 39.5 Å². The molecule has 3 aromatic carbocycles. The number of benzene rings is 3. The number of imidazole rings is 1. The number of nitrogens with zero attached hydrogens (tertiary/aromatic N) is 3. The van der Waals surface area contributed by atoms with Gasteiger partial charge in [0.15, 0.2) is 11.6 Å². The van der Waals surface area contributed by atoms with E-state index in [0.29, 0.717) is 31.0 Å². The van der Waals surface area contributed by atoms with E-state index in [-0.39, 0.29) is 36.1 Å². The van der Waals surface area contributed by atoms with Gasteiger partial charge >= 0.3 is 0 Å². The third kappa shape index (κ3) is 4.35. The number of hydrogen-bond donors (Lipinski definition) is 2. The summed E-state index contributed by atoms with van der Waals surface area (Å²) >= 11 is 0. The van der Waals surface area contributed by atoms with E-state index in [2.05, 4.69) is 15.0 Å². The number of Topliss-reactive ketones (excluding diaryl/α,β-unsaturated/α-hetero) is 1. The lowest BCUT2D eigenvalue weighted by Crippen LogP contribution is -2.52. The average molecular weight is 532 g/mol. The number of para-hydroxylation sites is 3. The van der Waals surface area contributed by atoms with Gasteiger partial charge in [-0.2, -0.15) is 0 Å². The van der Waals surface area contributed by atoms with Crippen LogP contribution in [-0.4, -0.2) is 67.5 Å². The maximum Gasteiger partial charge on any atom is 0.290 e. The molecule has 5 aromatic rings. The predicted molar refractivity (Wildman–Crippen MR) is 152 cm³/mol. The predicted octanol–water partition coefficient (Wildman–Crippen LogP) is 4.60. The molecule has 0 radical (unpaired) electrons. The highest BCUT2D eigenvalue weighted by Gasteiger charge is 2.48. The number of aromatic nitrogens is 3. The van der Waals surface area contributed by atoms with Crippen LogP contribution in [0.3, 0.4) is 0 Å². The molecule has 2 N–H and O–H groups in total. The average Bonchev–Trinajstić information content (AvgIpc) is 3.78. The molecular formula is C32H29N5O3. The molecule has 2 amide bonds. The smallest absolute Gasteiger partial charge is 0.290 e. The minimum absolute atomic E-state index is 0.0170. The minimum atomic E-state index is -0.486. The highest BCUT2D eigenvalue weighted by molar-refractivity contribution is 6.01. The Morgan fingerprint density at radius 3 is 2.27 bits per heavy atom. The van der Waals surface area contributed by atoms with Crippen molar-refractivity contribution in [1.82, 2.24) is 24.8 Å². The van der Waals surface area contributed by atoms with Gasteiger partial charge < -0.3 is 19.8 Å². The van der Waals surface area contributed by atoms with Crippen LogP contribution in [0.5, 0.6) is 0 Å². The van der Waals surface area contributed by atoms with Crippen LogP contribution in [0.4, 0.5) is 0 Å². The Labute approximate surface area is 231 Å². The fourth-order valence-electron chi connectivity index (χ4n) is 6.31. The number of amides is 2. The second kappa shape index (κ2) is 9.79. The molecule has 4 heterocycles. The van der Waals surface area contributed by atoms with E-state index in [9.17, 15) is 14.4 Å². The minimum Gasteiger partial charge on any atom is -0.352 e. The largest absolute Gasteiger partial charge is 0.352 e. The van der Waals surface area contributed by atoms with Crippen molar-refractivity contribution in [3.05, 3.63) is 102 Å². The van der Waals surface area contributed by atoms with Crippen LogP contribution in [0, 0.1) is 5.92 Å². The number of rotatable bonds is 7. The lowest BCUT2D eigenvalue weighted by Gasteiger charge is -2.35. The zero-order valence-corrected chi connectivity index (χ0v) is 21.9. The van der Waals surface area contributed by atoms with Gasteiger partial charge in [0.25, 0.3) is 5.91 Å². The maximum absolute atomic E-state index is 14.0. The van der Waals surface area contributed by atoms with Gasteiger partial charge in [0.2, 0.25) is 5.91 Å². The van der Waals surface area contributed by atoms with Crippen molar-refractivity contribution >= 4 is 39.5 Å². The number of likely N-dealkylation sites (tertiary alicyclic amines) is 2. The quantitative estimate of drug-likeness (QED) is 0.300. The molecule has 0 saturated carbocycles. The molecular weight excluding hydrogens is 502 g/mol. The number of carbonyl (C=O) groups is 3. The summed E-state index contributed by atoms with van der Waals surface area (Å²) in [5, 5.41) is 0.975. The van der Waals surface area contributed by atoms with E-state index in [1.807, 2.05) is 94.7 Å². The normalized spacial score (nSPS) is 19.0. The Kier molecular flexibility index (Phi) is 5.95. The molecule has 7 rings (SSSR count). The lowest BCUT2D eigenvalue weighted by molar-refractivity contribution is -0.137. The molecule has 2 fully saturated rings. The molecule has 2 bridgehead atoms. The van der Waals surface area contributed by atoms with Crippen molar-refractivity contribution in [2.24, 2.45) is 5.92 Å². The molecule has 40 heavy (non-hydrogen) atoms. The summed E-state index contributed by atoms with van der Waals surface area (Å²) < 4.78 is 0. The zero-order chi connectivity index (χ0) is 27.2. The van der Waals surface area contributed by atoms with E-state index in [1.165, 1.54) is 0 Å². The van der Waals surface area contributed by atoms with Crippen LogP contribution >= 0.6 is 0 Å². The molecule has 3 atom stereocenters. The van der Waals surface area contributed by atoms with Gasteiger partial charge in [0.1, 0.15) is 0 Å². The van der Waals surface area contributed by atoms with Crippen molar-refractivity contribution in [1.29, 1.82) is 0 Å². The second-order valence-corrected chi connectivity index (χ2v) is 10.9. The number of ketones is 1. The standard InChI is InChI=1S/C32H29N5O3/c38-29(28-15-21-10-4-5-11-25(21)33-28)16-22(14-20-8-2-1-3-9-20)31(39)36-18-24-17-23(36)19-37(24)32(40)30-34-26-12-6-7-13-27(26)35-30/h1-13,15,22-24,33H,14,16-19H2,(H,34,35)/t22-,23+,24+/m1/s1. The summed E-state index contributed by atoms with van der Waals surface area (Å²) in [6.07, 6.45) is 1.35. The van der Waals surface area contributed by atoms with Crippen molar-refractivity contribution in [3.63, 3.8) is 0 Å². The molecule has 0 aliphatic carbocycles. The lowest BCUT2D eigenvalue weighted by atomic mass is 9.91. The van der Waals surface area contributed by atoms with Crippen LogP contribution in [0.25, 0.3) is 21.9 Å². The van der Waals surface area contributed by atoms with Gasteiger partial charge in [-0.15, -0.1) is 0 Å². The molecule has 0 unspecified atom stereocenters. The van der Waals surface area contributed by atoms with E-state index in [1.54, 1.807) is 0 Å². The fourth-order valence-corrected chi connectivity index (χ4v) is 6.31. The Hall–Kier alpha value is -4.72. The first-order valence-electron chi connectivity index (χ1n) is 13.7. The number of nitrogens with one attached hydrogen (secondary N) is 2.